The van der Waals surface area contributed by atoms with Gasteiger partial charge in [-0.2, -0.15) is 0 Å². The predicted molar refractivity (Wildman–Crippen MR) is 261 cm³/mol. The van der Waals surface area contributed by atoms with E-state index in [1.54, 1.807) is 6.92 Å². The number of carbonyl (C=O) groups is 2. The van der Waals surface area contributed by atoms with Crippen molar-refractivity contribution in [2.45, 2.75) is 195 Å². The highest BCUT2D eigenvalue weighted by molar-refractivity contribution is 6.63. The molecular weight excluding hydrogens is 865 g/mol. The molecule has 0 bridgehead atoms. The van der Waals surface area contributed by atoms with Crippen molar-refractivity contribution in [3.05, 3.63) is 29.8 Å². The monoisotopic (exact) mass is 957 g/mol. The van der Waals surface area contributed by atoms with Crippen LogP contribution in [0.4, 0.5) is 9.59 Å². The molecule has 2 rings (SSSR count). The number of amides is 2. The molecule has 65 heavy (non-hydrogen) atoms. The van der Waals surface area contributed by atoms with E-state index in [1.165, 1.54) is 56.9 Å². The van der Waals surface area contributed by atoms with E-state index in [-0.39, 0.29) is 13.2 Å². The highest BCUT2D eigenvalue weighted by Crippen LogP contribution is 2.38. The van der Waals surface area contributed by atoms with Gasteiger partial charge in [-0.1, -0.05) is 84.3 Å². The number of unbranched alkanes of at least 4 members (excludes halogenated alkanes) is 7. The van der Waals surface area contributed by atoms with E-state index in [1.807, 2.05) is 55.4 Å². The topological polar surface area (TPSA) is 150 Å². The van der Waals surface area contributed by atoms with Gasteiger partial charge in [0.25, 0.3) is 0 Å². The number of ether oxygens (including phenoxy) is 4. The number of hydrogen-bond acceptors (Lipinski definition) is 12. The quantitative estimate of drug-likeness (QED) is 0.0480. The first kappa shape index (κ1) is 58.8. The Labute approximate surface area is 396 Å². The molecule has 2 amide bonds. The van der Waals surface area contributed by atoms with Gasteiger partial charge in [-0.3, -0.25) is 0 Å². The van der Waals surface area contributed by atoms with Crippen LogP contribution in [0.1, 0.15) is 183 Å². The van der Waals surface area contributed by atoms with E-state index in [2.05, 4.69) is 41.8 Å². The molecule has 1 aromatic carbocycles. The van der Waals surface area contributed by atoms with Crippen LogP contribution in [0.5, 0.6) is 5.75 Å². The van der Waals surface area contributed by atoms with Crippen molar-refractivity contribution in [1.82, 2.24) is 10.6 Å². The van der Waals surface area contributed by atoms with Crippen molar-refractivity contribution in [3.8, 4) is 5.75 Å². The number of benzene rings is 1. The van der Waals surface area contributed by atoms with Gasteiger partial charge in [-0.15, -0.1) is 0 Å². The molecule has 0 aliphatic heterocycles. The Balaban J connectivity index is 1.91. The maximum Gasteiger partial charge on any atom is 0.524 e. The lowest BCUT2D eigenvalue weighted by Gasteiger charge is -2.35. The summed E-state index contributed by atoms with van der Waals surface area (Å²) in [5, 5.41) is 5.85. The Morgan fingerprint density at radius 3 is 1.43 bits per heavy atom. The van der Waals surface area contributed by atoms with Gasteiger partial charge in [-0.05, 0) is 129 Å². The molecule has 0 heterocycles. The molecule has 14 nitrogen and oxygen atoms in total. The van der Waals surface area contributed by atoms with Gasteiger partial charge < -0.3 is 56.1 Å². The average Bonchev–Trinajstić information content (AvgIpc) is 3.30. The summed E-state index contributed by atoms with van der Waals surface area (Å²) in [6.45, 7) is 22.1. The maximum absolute atomic E-state index is 13.4. The summed E-state index contributed by atoms with van der Waals surface area (Å²) in [7, 11) is -6.55. The van der Waals surface area contributed by atoms with Crippen LogP contribution in [0.2, 0.25) is 0 Å². The molecular formula is C49H92N2O12Si2. The van der Waals surface area contributed by atoms with Crippen LogP contribution in [0.3, 0.4) is 0 Å². The van der Waals surface area contributed by atoms with Crippen LogP contribution in [0.15, 0.2) is 24.3 Å². The Morgan fingerprint density at radius 2 is 1.02 bits per heavy atom. The van der Waals surface area contributed by atoms with Crippen molar-refractivity contribution < 1.29 is 55.1 Å². The van der Waals surface area contributed by atoms with Gasteiger partial charge >= 0.3 is 29.8 Å². The molecule has 378 valence electrons. The molecule has 1 aliphatic carbocycles. The van der Waals surface area contributed by atoms with Crippen molar-refractivity contribution in [1.29, 1.82) is 0 Å². The largest absolute Gasteiger partial charge is 0.524 e. The van der Waals surface area contributed by atoms with Crippen molar-refractivity contribution in [3.63, 3.8) is 0 Å². The molecule has 2 unspecified atom stereocenters. The van der Waals surface area contributed by atoms with Crippen LogP contribution in [-0.2, 0) is 40.8 Å². The van der Waals surface area contributed by atoms with E-state index in [9.17, 15) is 9.59 Å². The zero-order valence-electron chi connectivity index (χ0n) is 42.4. The Kier molecular flexibility index (Phi) is 30.8. The minimum Gasteiger partial charge on any atom is -0.494 e. The predicted octanol–water partition coefficient (Wildman–Crippen LogP) is 11.2. The van der Waals surface area contributed by atoms with Gasteiger partial charge in [0.15, 0.2) is 0 Å². The zero-order valence-corrected chi connectivity index (χ0v) is 44.4. The number of alkyl carbamates (subject to hydrolysis) is 2. The van der Waals surface area contributed by atoms with E-state index < -0.39 is 46.7 Å². The molecule has 16 heteroatoms. The smallest absolute Gasteiger partial charge is 0.494 e. The van der Waals surface area contributed by atoms with Crippen LogP contribution >= 0.6 is 0 Å². The van der Waals surface area contributed by atoms with Crippen LogP contribution < -0.4 is 15.4 Å². The number of nitrogens with one attached hydrogen (secondary N) is 2. The molecule has 2 N–H and O–H groups in total. The molecule has 1 fully saturated rings. The highest BCUT2D eigenvalue weighted by Gasteiger charge is 2.51. The third-order valence-corrected chi connectivity index (χ3v) is 19.0. The number of carbonyl (C=O) groups excluding carboxylic acids is 2. The van der Waals surface area contributed by atoms with Gasteiger partial charge in [0.2, 0.25) is 0 Å². The first-order valence-electron chi connectivity index (χ1n) is 25.5. The average molecular weight is 957 g/mol. The second-order valence-corrected chi connectivity index (χ2v) is 22.8. The maximum atomic E-state index is 13.4. The fraction of sp³-hybridized carbons (Fsp3) is 0.837. The second-order valence-electron chi connectivity index (χ2n) is 17.2. The SMILES string of the molecule is CCCCCC1CCC(c2ccc(OCCCCCCCCOC(C)(COC(=O)NC(CC)[Si](OCC)(OCC)OCC)COC(=O)NC(CC)[Si](OCC)(OCC)OCC)cc2)CC1. The van der Waals surface area contributed by atoms with E-state index in [0.29, 0.717) is 71.6 Å². The Morgan fingerprint density at radius 1 is 0.585 bits per heavy atom. The van der Waals surface area contributed by atoms with Crippen molar-refractivity contribution >= 4 is 29.8 Å². The van der Waals surface area contributed by atoms with Crippen molar-refractivity contribution in [2.75, 3.05) is 66.1 Å². The molecule has 1 aliphatic rings. The molecule has 1 saturated carbocycles. The fourth-order valence-electron chi connectivity index (χ4n) is 8.59. The number of rotatable bonds is 38. The summed E-state index contributed by atoms with van der Waals surface area (Å²) in [5.74, 6) is 2.57. The molecule has 0 aromatic heterocycles. The van der Waals surface area contributed by atoms with E-state index in [0.717, 1.165) is 50.2 Å². The number of hydrogen-bond donors (Lipinski definition) is 2. The highest BCUT2D eigenvalue weighted by atomic mass is 28.4. The zero-order chi connectivity index (χ0) is 47.8. The molecule has 1 aromatic rings. The van der Waals surface area contributed by atoms with Gasteiger partial charge in [0.05, 0.1) is 6.61 Å². The molecule has 0 saturated heterocycles. The Hall–Kier alpha value is -2.29. The summed E-state index contributed by atoms with van der Waals surface area (Å²) in [5.41, 5.74) is -0.747. The van der Waals surface area contributed by atoms with Crippen LogP contribution in [0.25, 0.3) is 0 Å². The third kappa shape index (κ3) is 21.7. The summed E-state index contributed by atoms with van der Waals surface area (Å²) < 4.78 is 60.3. The minimum absolute atomic E-state index is 0.176. The Bertz CT molecular complexity index is 1290. The van der Waals surface area contributed by atoms with Crippen molar-refractivity contribution in [2.24, 2.45) is 5.92 Å². The van der Waals surface area contributed by atoms with Crippen LogP contribution in [0, 0.1) is 5.92 Å². The summed E-state index contributed by atoms with van der Waals surface area (Å²) in [6.07, 6.45) is 16.5. The second kappa shape index (κ2) is 34.1. The fourth-order valence-corrected chi connectivity index (χ4v) is 14.3. The summed E-state index contributed by atoms with van der Waals surface area (Å²) in [6, 6.07) is 8.85. The molecule has 2 atom stereocenters. The first-order chi connectivity index (χ1) is 31.5. The van der Waals surface area contributed by atoms with Crippen LogP contribution in [-0.4, -0.2) is 113 Å². The van der Waals surface area contributed by atoms with E-state index >= 15 is 0 Å². The first-order valence-corrected chi connectivity index (χ1v) is 29.1. The lowest BCUT2D eigenvalue weighted by atomic mass is 9.77. The van der Waals surface area contributed by atoms with E-state index in [4.69, 9.17) is 45.5 Å². The normalized spacial score (nSPS) is 17.5. The van der Waals surface area contributed by atoms with Gasteiger partial charge in [0.1, 0.15) is 35.9 Å². The van der Waals surface area contributed by atoms with Gasteiger partial charge in [0, 0.05) is 46.2 Å². The molecule has 0 spiro atoms. The molecule has 0 radical (unpaired) electrons. The third-order valence-electron chi connectivity index (χ3n) is 12.0. The minimum atomic E-state index is -3.27. The summed E-state index contributed by atoms with van der Waals surface area (Å²) >= 11 is 0. The summed E-state index contributed by atoms with van der Waals surface area (Å²) in [4.78, 5) is 26.7. The standard InChI is InChI=1S/C49H92N2O12Si2/c1-11-20-25-28-41-29-31-42(32-30-41)43-33-35-44(36-34-43)54-37-26-23-21-22-24-27-38-57-49(10,39-55-47(52)50-45(12-2)64(58-14-4,59-15-5)60-16-6)40-56-48(53)51-46(13-3)65(61-17-7,62-18-8)63-19-9/h33-36,41-42,45-46H,11-32,37-40H2,1-10H3,(H,50,52)(H,51,53). The lowest BCUT2D eigenvalue weighted by Crippen LogP contribution is -2.63. The lowest BCUT2D eigenvalue weighted by molar-refractivity contribution is -0.101. The van der Waals surface area contributed by atoms with Gasteiger partial charge in [-0.25, -0.2) is 9.59 Å².